The van der Waals surface area contributed by atoms with Crippen molar-refractivity contribution in [2.45, 2.75) is 25.1 Å². The Balaban J connectivity index is 2.86. The first-order valence-corrected chi connectivity index (χ1v) is 7.04. The maximum Gasteiger partial charge on any atom is 0.230 e. The van der Waals surface area contributed by atoms with E-state index < -0.39 is 15.3 Å². The van der Waals surface area contributed by atoms with Gasteiger partial charge in [-0.2, -0.15) is 9.57 Å². The van der Waals surface area contributed by atoms with Crippen LogP contribution in [-0.4, -0.2) is 30.1 Å². The molecule has 1 unspecified atom stereocenters. The second-order valence-electron chi connectivity index (χ2n) is 3.99. The molecule has 0 fully saturated rings. The summed E-state index contributed by atoms with van der Waals surface area (Å²) in [5.41, 5.74) is 0.756. The summed E-state index contributed by atoms with van der Waals surface area (Å²) >= 11 is 0. The number of nitrogens with zero attached hydrogens (tertiary/aromatic N) is 2. The molecule has 1 aromatic rings. The van der Waals surface area contributed by atoms with E-state index in [1.807, 2.05) is 0 Å². The molecule has 1 aromatic carbocycles. The van der Waals surface area contributed by atoms with Crippen LogP contribution in [0.5, 0.6) is 5.75 Å². The van der Waals surface area contributed by atoms with Crippen LogP contribution in [0.4, 0.5) is 0 Å². The van der Waals surface area contributed by atoms with Gasteiger partial charge in [0.25, 0.3) is 0 Å². The zero-order chi connectivity index (χ0) is 13.8. The predicted octanol–water partition coefficient (Wildman–Crippen LogP) is 1.46. The Morgan fingerprint density at radius 1 is 1.39 bits per heavy atom. The number of rotatable bonds is 5. The Kier molecular flexibility index (Phi) is 4.70. The van der Waals surface area contributed by atoms with Crippen LogP contribution >= 0.6 is 0 Å². The number of phenolic OH excluding ortho intramolecular Hbond substituents is 1. The first-order chi connectivity index (χ1) is 8.41. The molecule has 0 aliphatic rings. The lowest BCUT2D eigenvalue weighted by Crippen LogP contribution is -2.34. The standard InChI is InChI=1S/C12H16N2O3S/c1-3-12(8-13)18(16,17)14(2)9-10-4-6-11(15)7-5-10/h4-7,12,15H,3,9H2,1-2H3. The molecule has 1 rings (SSSR count). The quantitative estimate of drug-likeness (QED) is 0.876. The maximum atomic E-state index is 12.0. The molecule has 0 amide bonds. The molecular weight excluding hydrogens is 252 g/mol. The molecule has 18 heavy (non-hydrogen) atoms. The smallest absolute Gasteiger partial charge is 0.230 e. The average Bonchev–Trinajstić information content (AvgIpc) is 2.33. The van der Waals surface area contributed by atoms with E-state index in [0.29, 0.717) is 0 Å². The molecule has 0 bridgehead atoms. The van der Waals surface area contributed by atoms with E-state index in [4.69, 9.17) is 10.4 Å². The van der Waals surface area contributed by atoms with Crippen LogP contribution in [0.25, 0.3) is 0 Å². The molecule has 0 radical (unpaired) electrons. The fourth-order valence-corrected chi connectivity index (χ4v) is 2.85. The van der Waals surface area contributed by atoms with E-state index in [0.717, 1.165) is 9.87 Å². The summed E-state index contributed by atoms with van der Waals surface area (Å²) < 4.78 is 25.2. The number of phenols is 1. The van der Waals surface area contributed by atoms with Crippen LogP contribution in [-0.2, 0) is 16.6 Å². The minimum Gasteiger partial charge on any atom is -0.508 e. The van der Waals surface area contributed by atoms with Crippen molar-refractivity contribution in [3.63, 3.8) is 0 Å². The van der Waals surface area contributed by atoms with E-state index in [-0.39, 0.29) is 18.7 Å². The summed E-state index contributed by atoms with van der Waals surface area (Å²) in [6.45, 7) is 1.85. The third kappa shape index (κ3) is 3.22. The summed E-state index contributed by atoms with van der Waals surface area (Å²) in [5, 5.41) is 16.9. The molecule has 1 atom stereocenters. The van der Waals surface area contributed by atoms with Crippen molar-refractivity contribution < 1.29 is 13.5 Å². The lowest BCUT2D eigenvalue weighted by Gasteiger charge is -2.19. The Bertz CT molecular complexity index is 531. The highest BCUT2D eigenvalue weighted by Crippen LogP contribution is 2.15. The number of benzene rings is 1. The van der Waals surface area contributed by atoms with Crippen LogP contribution in [0, 0.1) is 11.3 Å². The van der Waals surface area contributed by atoms with Crippen molar-refractivity contribution >= 4 is 10.0 Å². The van der Waals surface area contributed by atoms with Gasteiger partial charge in [-0.15, -0.1) is 0 Å². The number of aromatic hydroxyl groups is 1. The molecular formula is C12H16N2O3S. The van der Waals surface area contributed by atoms with E-state index in [1.165, 1.54) is 19.2 Å². The summed E-state index contributed by atoms with van der Waals surface area (Å²) in [5.74, 6) is 0.132. The highest BCUT2D eigenvalue weighted by molar-refractivity contribution is 7.89. The number of hydrogen-bond acceptors (Lipinski definition) is 4. The van der Waals surface area contributed by atoms with Gasteiger partial charge < -0.3 is 5.11 Å². The average molecular weight is 268 g/mol. The molecule has 0 aromatic heterocycles. The Morgan fingerprint density at radius 2 is 1.94 bits per heavy atom. The topological polar surface area (TPSA) is 81.4 Å². The van der Waals surface area contributed by atoms with Crippen LogP contribution in [0.15, 0.2) is 24.3 Å². The van der Waals surface area contributed by atoms with Gasteiger partial charge in [-0.3, -0.25) is 0 Å². The SMILES string of the molecule is CCC(C#N)S(=O)(=O)N(C)Cc1ccc(O)cc1. The molecule has 0 aliphatic heterocycles. The highest BCUT2D eigenvalue weighted by Gasteiger charge is 2.28. The Labute approximate surface area is 107 Å². The van der Waals surface area contributed by atoms with Crippen molar-refractivity contribution in [1.29, 1.82) is 5.26 Å². The second kappa shape index (κ2) is 5.85. The zero-order valence-corrected chi connectivity index (χ0v) is 11.2. The molecule has 0 spiro atoms. The van der Waals surface area contributed by atoms with Gasteiger partial charge in [0.1, 0.15) is 5.75 Å². The van der Waals surface area contributed by atoms with E-state index in [1.54, 1.807) is 25.1 Å². The van der Waals surface area contributed by atoms with Crippen LogP contribution in [0.3, 0.4) is 0 Å². The van der Waals surface area contributed by atoms with Gasteiger partial charge >= 0.3 is 0 Å². The second-order valence-corrected chi connectivity index (χ2v) is 6.22. The third-order valence-corrected chi connectivity index (χ3v) is 4.81. The van der Waals surface area contributed by atoms with E-state index in [9.17, 15) is 8.42 Å². The summed E-state index contributed by atoms with van der Waals surface area (Å²) in [6.07, 6.45) is 0.263. The lowest BCUT2D eigenvalue weighted by atomic mass is 10.2. The van der Waals surface area contributed by atoms with E-state index >= 15 is 0 Å². The lowest BCUT2D eigenvalue weighted by molar-refractivity contribution is 0.458. The van der Waals surface area contributed by atoms with Crippen LogP contribution in [0.1, 0.15) is 18.9 Å². The number of nitriles is 1. The summed E-state index contributed by atoms with van der Waals surface area (Å²) in [6, 6.07) is 8.09. The van der Waals surface area contributed by atoms with Crippen LogP contribution < -0.4 is 0 Å². The van der Waals surface area contributed by atoms with Gasteiger partial charge in [-0.25, -0.2) is 8.42 Å². The summed E-state index contributed by atoms with van der Waals surface area (Å²) in [4.78, 5) is 0. The van der Waals surface area contributed by atoms with Gasteiger partial charge in [0, 0.05) is 13.6 Å². The largest absolute Gasteiger partial charge is 0.508 e. The minimum atomic E-state index is -3.60. The van der Waals surface area contributed by atoms with Crippen molar-refractivity contribution in [3.8, 4) is 11.8 Å². The molecule has 0 heterocycles. The molecule has 0 aliphatic carbocycles. The van der Waals surface area contributed by atoms with Crippen molar-refractivity contribution in [1.82, 2.24) is 4.31 Å². The molecule has 0 saturated heterocycles. The van der Waals surface area contributed by atoms with Gasteiger partial charge in [-0.1, -0.05) is 19.1 Å². The van der Waals surface area contributed by atoms with Crippen molar-refractivity contribution in [2.75, 3.05) is 7.05 Å². The third-order valence-electron chi connectivity index (χ3n) is 2.65. The van der Waals surface area contributed by atoms with Crippen molar-refractivity contribution in [2.24, 2.45) is 0 Å². The molecule has 1 N–H and O–H groups in total. The fourth-order valence-electron chi connectivity index (χ4n) is 1.53. The zero-order valence-electron chi connectivity index (χ0n) is 10.4. The normalized spacial score (nSPS) is 13.2. The van der Waals surface area contributed by atoms with Crippen molar-refractivity contribution in [3.05, 3.63) is 29.8 Å². The van der Waals surface area contributed by atoms with Crippen LogP contribution in [0.2, 0.25) is 0 Å². The van der Waals surface area contributed by atoms with Gasteiger partial charge in [0.15, 0.2) is 5.25 Å². The van der Waals surface area contributed by atoms with Gasteiger partial charge in [0.2, 0.25) is 10.0 Å². The molecule has 6 heteroatoms. The first-order valence-electron chi connectivity index (χ1n) is 5.54. The maximum absolute atomic E-state index is 12.0. The molecule has 5 nitrogen and oxygen atoms in total. The van der Waals surface area contributed by atoms with Gasteiger partial charge in [0.05, 0.1) is 6.07 Å². The number of hydrogen-bond donors (Lipinski definition) is 1. The number of sulfonamides is 1. The summed E-state index contributed by atoms with van der Waals surface area (Å²) in [7, 11) is -2.15. The Morgan fingerprint density at radius 3 is 2.39 bits per heavy atom. The monoisotopic (exact) mass is 268 g/mol. The minimum absolute atomic E-state index is 0.132. The first kappa shape index (κ1) is 14.5. The molecule has 0 saturated carbocycles. The highest BCUT2D eigenvalue weighted by atomic mass is 32.2. The fraction of sp³-hybridized carbons (Fsp3) is 0.417. The van der Waals surface area contributed by atoms with E-state index in [2.05, 4.69) is 0 Å². The predicted molar refractivity (Wildman–Crippen MR) is 68.2 cm³/mol. The van der Waals surface area contributed by atoms with Gasteiger partial charge in [-0.05, 0) is 24.1 Å². The molecule has 98 valence electrons. The Hall–Kier alpha value is -1.58.